The Bertz CT molecular complexity index is 434. The molecule has 1 aromatic carbocycles. The first-order valence-corrected chi connectivity index (χ1v) is 8.01. The summed E-state index contributed by atoms with van der Waals surface area (Å²) in [7, 11) is 1.47. The van der Waals surface area contributed by atoms with Crippen LogP contribution < -0.4 is 10.1 Å². The summed E-state index contributed by atoms with van der Waals surface area (Å²) < 4.78 is 5.03. The fourth-order valence-electron chi connectivity index (χ4n) is 1.49. The van der Waals surface area contributed by atoms with E-state index in [2.05, 4.69) is 5.32 Å². The second kappa shape index (κ2) is 9.34. The van der Waals surface area contributed by atoms with Crippen LogP contribution in [0.1, 0.15) is 16.8 Å². The monoisotopic (exact) mass is 337 g/mol. The number of rotatable bonds is 8. The number of methoxy groups -OCH3 is 1. The zero-order valence-electron chi connectivity index (χ0n) is 11.1. The first-order valence-electron chi connectivity index (χ1n) is 6.10. The van der Waals surface area contributed by atoms with E-state index in [1.807, 2.05) is 0 Å². The summed E-state index contributed by atoms with van der Waals surface area (Å²) in [5, 5.41) is 12.0. The molecule has 2 N–H and O–H groups in total. The summed E-state index contributed by atoms with van der Waals surface area (Å²) in [6, 6.07) is 3.06. The second-order valence-electron chi connectivity index (χ2n) is 3.92. The topological polar surface area (TPSA) is 58.6 Å². The zero-order chi connectivity index (χ0) is 15.0. The molecule has 0 saturated carbocycles. The van der Waals surface area contributed by atoms with Crippen molar-refractivity contribution in [3.63, 3.8) is 0 Å². The summed E-state index contributed by atoms with van der Waals surface area (Å²) in [4.78, 5) is 11.9. The molecule has 0 fully saturated rings. The molecule has 1 rings (SSSR count). The molecule has 1 aromatic rings. The van der Waals surface area contributed by atoms with Crippen molar-refractivity contribution < 1.29 is 14.6 Å². The van der Waals surface area contributed by atoms with Crippen molar-refractivity contribution in [3.05, 3.63) is 27.7 Å². The van der Waals surface area contributed by atoms with E-state index in [1.54, 1.807) is 11.8 Å². The molecule has 0 spiro atoms. The summed E-state index contributed by atoms with van der Waals surface area (Å²) in [5.74, 6) is 1.82. The maximum absolute atomic E-state index is 11.9. The van der Waals surface area contributed by atoms with Gasteiger partial charge in [0.2, 0.25) is 0 Å². The van der Waals surface area contributed by atoms with Crippen molar-refractivity contribution in [2.24, 2.45) is 0 Å². The molecular weight excluding hydrogens is 321 g/mol. The number of ether oxygens (including phenoxy) is 1. The second-order valence-corrected chi connectivity index (χ2v) is 5.96. The smallest absolute Gasteiger partial charge is 0.251 e. The lowest BCUT2D eigenvalue weighted by atomic mass is 10.2. The number of thioether (sulfide) groups is 1. The van der Waals surface area contributed by atoms with Gasteiger partial charge in [0.05, 0.1) is 17.2 Å². The molecule has 0 saturated heterocycles. The minimum absolute atomic E-state index is 0.197. The van der Waals surface area contributed by atoms with Crippen LogP contribution >= 0.6 is 35.0 Å². The van der Waals surface area contributed by atoms with Gasteiger partial charge in [0.1, 0.15) is 0 Å². The van der Waals surface area contributed by atoms with Gasteiger partial charge in [0.15, 0.2) is 5.75 Å². The third-order valence-corrected chi connectivity index (χ3v) is 4.07. The van der Waals surface area contributed by atoms with E-state index < -0.39 is 0 Å². The zero-order valence-corrected chi connectivity index (χ0v) is 13.4. The normalized spacial score (nSPS) is 10.4. The molecule has 0 bridgehead atoms. The van der Waals surface area contributed by atoms with Crippen LogP contribution in [0.4, 0.5) is 0 Å². The third-order valence-electron chi connectivity index (χ3n) is 2.44. The highest BCUT2D eigenvalue weighted by Crippen LogP contribution is 2.33. The largest absolute Gasteiger partial charge is 0.494 e. The van der Waals surface area contributed by atoms with Gasteiger partial charge in [-0.25, -0.2) is 0 Å². The summed E-state index contributed by atoms with van der Waals surface area (Å²) in [6.07, 6.45) is 0.766. The highest BCUT2D eigenvalue weighted by molar-refractivity contribution is 7.99. The van der Waals surface area contributed by atoms with Crippen molar-refractivity contribution in [3.8, 4) is 5.75 Å². The number of benzene rings is 1. The predicted octanol–water partition coefficient (Wildman–Crippen LogP) is 2.85. The molecule has 0 radical (unpaired) electrons. The molecule has 0 unspecified atom stereocenters. The Morgan fingerprint density at radius 1 is 1.35 bits per heavy atom. The molecule has 0 aromatic heterocycles. The predicted molar refractivity (Wildman–Crippen MR) is 84.4 cm³/mol. The SMILES string of the molecule is COc1c(Cl)cc(C(=O)NCCSCCCO)cc1Cl. The van der Waals surface area contributed by atoms with Crippen molar-refractivity contribution in [2.75, 3.05) is 31.8 Å². The first kappa shape index (κ1) is 17.4. The van der Waals surface area contributed by atoms with Gasteiger partial charge >= 0.3 is 0 Å². The van der Waals surface area contributed by atoms with Gasteiger partial charge in [-0.15, -0.1) is 0 Å². The molecule has 0 atom stereocenters. The van der Waals surface area contributed by atoms with Crippen molar-refractivity contribution in [1.82, 2.24) is 5.32 Å². The summed E-state index contributed by atoms with van der Waals surface area (Å²) in [5.41, 5.74) is 0.404. The number of amides is 1. The summed E-state index contributed by atoms with van der Waals surface area (Å²) in [6.45, 7) is 0.748. The quantitative estimate of drug-likeness (QED) is 0.716. The summed E-state index contributed by atoms with van der Waals surface area (Å²) >= 11 is 13.6. The van der Waals surface area contributed by atoms with E-state index in [-0.39, 0.29) is 12.5 Å². The fraction of sp³-hybridized carbons (Fsp3) is 0.462. The number of aliphatic hydroxyl groups is 1. The van der Waals surface area contributed by atoms with Crippen LogP contribution in [0.5, 0.6) is 5.75 Å². The Hall–Kier alpha value is -0.620. The molecule has 20 heavy (non-hydrogen) atoms. The van der Waals surface area contributed by atoms with E-state index in [0.29, 0.717) is 27.9 Å². The lowest BCUT2D eigenvalue weighted by Gasteiger charge is -2.09. The Morgan fingerprint density at radius 3 is 2.55 bits per heavy atom. The fourth-order valence-corrected chi connectivity index (χ4v) is 2.92. The average Bonchev–Trinajstić information content (AvgIpc) is 2.42. The van der Waals surface area contributed by atoms with Crippen LogP contribution in [0.2, 0.25) is 10.0 Å². The number of aliphatic hydroxyl groups excluding tert-OH is 1. The van der Waals surface area contributed by atoms with E-state index >= 15 is 0 Å². The van der Waals surface area contributed by atoms with Crippen LogP contribution in [0.25, 0.3) is 0 Å². The Kier molecular flexibility index (Phi) is 8.14. The van der Waals surface area contributed by atoms with Crippen LogP contribution in [0.3, 0.4) is 0 Å². The van der Waals surface area contributed by atoms with Gasteiger partial charge in [-0.05, 0) is 24.3 Å². The van der Waals surface area contributed by atoms with Crippen LogP contribution in [-0.4, -0.2) is 42.8 Å². The minimum atomic E-state index is -0.223. The maximum Gasteiger partial charge on any atom is 0.251 e. The van der Waals surface area contributed by atoms with Gasteiger partial charge in [-0.3, -0.25) is 4.79 Å². The molecule has 4 nitrogen and oxygen atoms in total. The first-order chi connectivity index (χ1) is 9.60. The van der Waals surface area contributed by atoms with E-state index in [0.717, 1.165) is 17.9 Å². The van der Waals surface area contributed by atoms with E-state index in [9.17, 15) is 4.79 Å². The van der Waals surface area contributed by atoms with Crippen molar-refractivity contribution >= 4 is 40.9 Å². The van der Waals surface area contributed by atoms with Gasteiger partial charge in [-0.1, -0.05) is 23.2 Å². The lowest BCUT2D eigenvalue weighted by Crippen LogP contribution is -2.25. The molecule has 0 aliphatic rings. The Labute approximate surface area is 132 Å². The van der Waals surface area contributed by atoms with E-state index in [1.165, 1.54) is 19.2 Å². The number of nitrogens with one attached hydrogen (secondary N) is 1. The Balaban J connectivity index is 2.48. The average molecular weight is 338 g/mol. The maximum atomic E-state index is 11.9. The highest BCUT2D eigenvalue weighted by Gasteiger charge is 2.13. The Morgan fingerprint density at radius 2 is 2.00 bits per heavy atom. The molecule has 7 heteroatoms. The number of halogens is 2. The van der Waals surface area contributed by atoms with Crippen molar-refractivity contribution in [2.45, 2.75) is 6.42 Å². The van der Waals surface area contributed by atoms with Gasteiger partial charge < -0.3 is 15.2 Å². The highest BCUT2D eigenvalue weighted by atomic mass is 35.5. The number of carbonyl (C=O) groups is 1. The minimum Gasteiger partial charge on any atom is -0.494 e. The molecule has 0 aliphatic heterocycles. The van der Waals surface area contributed by atoms with Gasteiger partial charge in [0.25, 0.3) is 5.91 Å². The molecule has 0 aliphatic carbocycles. The van der Waals surface area contributed by atoms with Crippen LogP contribution in [0, 0.1) is 0 Å². The number of carbonyl (C=O) groups excluding carboxylic acids is 1. The van der Waals surface area contributed by atoms with Gasteiger partial charge in [0, 0.05) is 24.5 Å². The van der Waals surface area contributed by atoms with Crippen LogP contribution in [0.15, 0.2) is 12.1 Å². The van der Waals surface area contributed by atoms with Crippen molar-refractivity contribution in [1.29, 1.82) is 0 Å². The van der Waals surface area contributed by atoms with E-state index in [4.69, 9.17) is 33.0 Å². The lowest BCUT2D eigenvalue weighted by molar-refractivity contribution is 0.0956. The van der Waals surface area contributed by atoms with Crippen LogP contribution in [-0.2, 0) is 0 Å². The number of hydrogen-bond donors (Lipinski definition) is 2. The van der Waals surface area contributed by atoms with Gasteiger partial charge in [-0.2, -0.15) is 11.8 Å². The molecule has 0 heterocycles. The number of hydrogen-bond acceptors (Lipinski definition) is 4. The molecular formula is C13H17Cl2NO3S. The third kappa shape index (κ3) is 5.40. The molecule has 112 valence electrons. The standard InChI is InChI=1S/C13H17Cl2NO3S/c1-19-12-10(14)7-9(8-11(12)15)13(18)16-3-6-20-5-2-4-17/h7-8,17H,2-6H2,1H3,(H,16,18). The molecule has 1 amide bonds.